The van der Waals surface area contributed by atoms with Crippen LogP contribution in [0, 0.1) is 27.7 Å². The number of hydrogen-bond acceptors (Lipinski definition) is 2. The van der Waals surface area contributed by atoms with E-state index in [2.05, 4.69) is 82.3 Å². The van der Waals surface area contributed by atoms with E-state index in [9.17, 15) is 0 Å². The van der Waals surface area contributed by atoms with Gasteiger partial charge in [-0.2, -0.15) is 0 Å². The van der Waals surface area contributed by atoms with E-state index < -0.39 is 0 Å². The SMILES string of the molecule is Cc1ccc(-c2c(N)ccc(-c3ccc(N)cc3)c2-c2ccc(C)cc2C)c(C)c1. The summed E-state index contributed by atoms with van der Waals surface area (Å²) in [6, 6.07) is 25.4. The maximum atomic E-state index is 6.63. The molecule has 0 aromatic heterocycles. The highest BCUT2D eigenvalue weighted by molar-refractivity contribution is 6.01. The zero-order valence-electron chi connectivity index (χ0n) is 18.1. The van der Waals surface area contributed by atoms with Crippen molar-refractivity contribution in [1.82, 2.24) is 0 Å². The van der Waals surface area contributed by atoms with E-state index in [1.807, 2.05) is 18.2 Å². The molecule has 2 heteroatoms. The molecule has 30 heavy (non-hydrogen) atoms. The van der Waals surface area contributed by atoms with Crippen LogP contribution >= 0.6 is 0 Å². The van der Waals surface area contributed by atoms with Gasteiger partial charge in [-0.1, -0.05) is 65.7 Å². The summed E-state index contributed by atoms with van der Waals surface area (Å²) in [5.41, 5.74) is 26.0. The molecule has 4 aromatic rings. The van der Waals surface area contributed by atoms with Crippen molar-refractivity contribution in [1.29, 1.82) is 0 Å². The zero-order valence-corrected chi connectivity index (χ0v) is 18.1. The van der Waals surface area contributed by atoms with Gasteiger partial charge in [0, 0.05) is 16.9 Å². The molecular formula is C28H28N2. The van der Waals surface area contributed by atoms with Gasteiger partial charge >= 0.3 is 0 Å². The molecule has 0 heterocycles. The smallest absolute Gasteiger partial charge is 0.0400 e. The summed E-state index contributed by atoms with van der Waals surface area (Å²) in [6.45, 7) is 8.57. The molecule has 4 N–H and O–H groups in total. The second-order valence-electron chi connectivity index (χ2n) is 8.21. The van der Waals surface area contributed by atoms with Gasteiger partial charge in [0.25, 0.3) is 0 Å². The fraction of sp³-hybridized carbons (Fsp3) is 0.143. The zero-order chi connectivity index (χ0) is 21.4. The van der Waals surface area contributed by atoms with Crippen LogP contribution in [-0.2, 0) is 0 Å². The van der Waals surface area contributed by atoms with Crippen LogP contribution in [0.2, 0.25) is 0 Å². The Morgan fingerprint density at radius 3 is 1.53 bits per heavy atom. The molecule has 4 aromatic carbocycles. The minimum Gasteiger partial charge on any atom is -0.399 e. The number of nitrogen functional groups attached to an aromatic ring is 2. The summed E-state index contributed by atoms with van der Waals surface area (Å²) in [5.74, 6) is 0. The lowest BCUT2D eigenvalue weighted by Gasteiger charge is -2.21. The molecule has 0 saturated carbocycles. The largest absolute Gasteiger partial charge is 0.399 e. The Bertz CT molecular complexity index is 1230. The van der Waals surface area contributed by atoms with Gasteiger partial charge in [0.2, 0.25) is 0 Å². The molecule has 0 amide bonds. The molecule has 0 fully saturated rings. The minimum absolute atomic E-state index is 0.761. The van der Waals surface area contributed by atoms with Crippen LogP contribution < -0.4 is 11.5 Å². The van der Waals surface area contributed by atoms with Crippen molar-refractivity contribution in [2.24, 2.45) is 0 Å². The van der Waals surface area contributed by atoms with Gasteiger partial charge < -0.3 is 11.5 Å². The van der Waals surface area contributed by atoms with Gasteiger partial charge in [0.1, 0.15) is 0 Å². The Morgan fingerprint density at radius 1 is 0.500 bits per heavy atom. The molecule has 0 aliphatic heterocycles. The number of aryl methyl sites for hydroxylation is 4. The van der Waals surface area contributed by atoms with Gasteiger partial charge in [-0.15, -0.1) is 0 Å². The van der Waals surface area contributed by atoms with Gasteiger partial charge in [-0.3, -0.25) is 0 Å². The average Bonchev–Trinajstić information content (AvgIpc) is 2.69. The molecule has 150 valence electrons. The Kier molecular flexibility index (Phi) is 5.09. The highest BCUT2D eigenvalue weighted by Gasteiger charge is 2.19. The second-order valence-corrected chi connectivity index (χ2v) is 8.21. The Morgan fingerprint density at radius 2 is 1.00 bits per heavy atom. The molecule has 0 unspecified atom stereocenters. The van der Waals surface area contributed by atoms with Gasteiger partial charge in [0.15, 0.2) is 0 Å². The van der Waals surface area contributed by atoms with Crippen molar-refractivity contribution >= 4 is 11.4 Å². The van der Waals surface area contributed by atoms with E-state index in [0.29, 0.717) is 0 Å². The van der Waals surface area contributed by atoms with Crippen LogP contribution in [0.25, 0.3) is 33.4 Å². The van der Waals surface area contributed by atoms with Gasteiger partial charge in [0.05, 0.1) is 0 Å². The maximum Gasteiger partial charge on any atom is 0.0400 e. The van der Waals surface area contributed by atoms with Gasteiger partial charge in [-0.05, 0) is 84.8 Å². The number of anilines is 2. The standard InChI is InChI=1S/C28H28N2/c1-17-5-11-23(19(3)15-17)27-25(21-7-9-22(29)10-8-21)13-14-26(30)28(27)24-12-6-18(2)16-20(24)4/h5-16H,29-30H2,1-4H3. The molecule has 0 saturated heterocycles. The quantitative estimate of drug-likeness (QED) is 0.366. The molecule has 0 bridgehead atoms. The van der Waals surface area contributed by atoms with E-state index in [-0.39, 0.29) is 0 Å². The summed E-state index contributed by atoms with van der Waals surface area (Å²) >= 11 is 0. The minimum atomic E-state index is 0.761. The van der Waals surface area contributed by atoms with Crippen molar-refractivity contribution < 1.29 is 0 Å². The Balaban J connectivity index is 2.11. The first-order valence-electron chi connectivity index (χ1n) is 10.3. The van der Waals surface area contributed by atoms with E-state index in [1.165, 1.54) is 38.9 Å². The lowest BCUT2D eigenvalue weighted by atomic mass is 9.83. The molecule has 0 aliphatic carbocycles. The first-order chi connectivity index (χ1) is 14.3. The summed E-state index contributed by atoms with van der Waals surface area (Å²) < 4.78 is 0. The predicted molar refractivity (Wildman–Crippen MR) is 131 cm³/mol. The van der Waals surface area contributed by atoms with Gasteiger partial charge in [-0.25, -0.2) is 0 Å². The fourth-order valence-corrected chi connectivity index (χ4v) is 4.28. The maximum absolute atomic E-state index is 6.63. The number of benzene rings is 4. The third kappa shape index (κ3) is 3.57. The first kappa shape index (κ1) is 19.8. The molecule has 2 nitrogen and oxygen atoms in total. The molecule has 0 atom stereocenters. The Labute approximate surface area is 179 Å². The van der Waals surface area contributed by atoms with Crippen LogP contribution in [0.1, 0.15) is 22.3 Å². The lowest BCUT2D eigenvalue weighted by Crippen LogP contribution is -1.99. The third-order valence-corrected chi connectivity index (χ3v) is 5.76. The summed E-state index contributed by atoms with van der Waals surface area (Å²) in [5, 5.41) is 0. The van der Waals surface area contributed by atoms with Crippen LogP contribution in [0.5, 0.6) is 0 Å². The van der Waals surface area contributed by atoms with E-state index in [0.717, 1.165) is 28.1 Å². The number of rotatable bonds is 3. The second kappa shape index (κ2) is 7.72. The number of hydrogen-bond donors (Lipinski definition) is 2. The highest BCUT2D eigenvalue weighted by Crippen LogP contribution is 2.45. The van der Waals surface area contributed by atoms with Crippen molar-refractivity contribution in [3.8, 4) is 33.4 Å². The summed E-state index contributed by atoms with van der Waals surface area (Å²) in [6.07, 6.45) is 0. The first-order valence-corrected chi connectivity index (χ1v) is 10.3. The van der Waals surface area contributed by atoms with E-state index in [4.69, 9.17) is 11.5 Å². The van der Waals surface area contributed by atoms with E-state index in [1.54, 1.807) is 0 Å². The van der Waals surface area contributed by atoms with Crippen LogP contribution in [0.3, 0.4) is 0 Å². The fourth-order valence-electron chi connectivity index (χ4n) is 4.28. The Hall–Kier alpha value is -3.52. The topological polar surface area (TPSA) is 52.0 Å². The van der Waals surface area contributed by atoms with Crippen LogP contribution in [0.15, 0.2) is 72.8 Å². The average molecular weight is 393 g/mol. The van der Waals surface area contributed by atoms with Crippen LogP contribution in [-0.4, -0.2) is 0 Å². The molecule has 4 rings (SSSR count). The van der Waals surface area contributed by atoms with Crippen molar-refractivity contribution in [2.45, 2.75) is 27.7 Å². The molecule has 0 spiro atoms. The third-order valence-electron chi connectivity index (χ3n) is 5.76. The molecular weight excluding hydrogens is 364 g/mol. The lowest BCUT2D eigenvalue weighted by molar-refractivity contribution is 1.36. The summed E-state index contributed by atoms with van der Waals surface area (Å²) in [7, 11) is 0. The molecule has 0 aliphatic rings. The predicted octanol–water partition coefficient (Wildman–Crippen LogP) is 7.09. The van der Waals surface area contributed by atoms with Crippen molar-refractivity contribution in [3.05, 3.63) is 95.1 Å². The highest BCUT2D eigenvalue weighted by atomic mass is 14.6. The van der Waals surface area contributed by atoms with Crippen molar-refractivity contribution in [2.75, 3.05) is 11.5 Å². The normalized spacial score (nSPS) is 10.9. The molecule has 0 radical (unpaired) electrons. The van der Waals surface area contributed by atoms with Crippen LogP contribution in [0.4, 0.5) is 11.4 Å². The monoisotopic (exact) mass is 392 g/mol. The van der Waals surface area contributed by atoms with Crippen molar-refractivity contribution in [3.63, 3.8) is 0 Å². The van der Waals surface area contributed by atoms with E-state index >= 15 is 0 Å². The summed E-state index contributed by atoms with van der Waals surface area (Å²) in [4.78, 5) is 0. The number of nitrogens with two attached hydrogens (primary N) is 2.